The van der Waals surface area contributed by atoms with E-state index in [4.69, 9.17) is 9.26 Å². The van der Waals surface area contributed by atoms with Gasteiger partial charge in [0.25, 0.3) is 11.8 Å². The van der Waals surface area contributed by atoms with E-state index in [-0.39, 0.29) is 25.0 Å². The van der Waals surface area contributed by atoms with Crippen molar-refractivity contribution < 1.29 is 18.8 Å². The van der Waals surface area contributed by atoms with Crippen molar-refractivity contribution in [3.05, 3.63) is 57.9 Å². The van der Waals surface area contributed by atoms with Gasteiger partial charge in [0.05, 0.1) is 18.7 Å². The molecule has 1 aliphatic heterocycles. The molecule has 0 aliphatic carbocycles. The lowest BCUT2D eigenvalue weighted by atomic mass is 10.1. The number of thiophene rings is 1. The summed E-state index contributed by atoms with van der Waals surface area (Å²) in [6.45, 7) is 0.0927. The van der Waals surface area contributed by atoms with E-state index >= 15 is 0 Å². The zero-order chi connectivity index (χ0) is 17.9. The Labute approximate surface area is 152 Å². The van der Waals surface area contributed by atoms with E-state index in [1.807, 2.05) is 17.5 Å². The van der Waals surface area contributed by atoms with Crippen molar-refractivity contribution in [1.29, 1.82) is 0 Å². The van der Waals surface area contributed by atoms with Crippen LogP contribution in [0.3, 0.4) is 0 Å². The molecule has 3 heterocycles. The molecule has 3 aromatic rings. The molecule has 1 aromatic carbocycles. The lowest BCUT2D eigenvalue weighted by Gasteiger charge is -2.18. The molecule has 9 heteroatoms. The molecular weight excluding hydrogens is 356 g/mol. The third-order valence-electron chi connectivity index (χ3n) is 3.70. The number of benzene rings is 1. The molecule has 4 rings (SSSR count). The number of aromatic nitrogens is 2. The predicted octanol–water partition coefficient (Wildman–Crippen LogP) is 1.98. The summed E-state index contributed by atoms with van der Waals surface area (Å²) in [6.07, 6.45) is 0.576. The first-order chi connectivity index (χ1) is 12.7. The lowest BCUT2D eigenvalue weighted by molar-refractivity contribution is -0.118. The fourth-order valence-electron chi connectivity index (χ4n) is 2.47. The molecule has 2 amide bonds. The van der Waals surface area contributed by atoms with Crippen molar-refractivity contribution in [2.24, 2.45) is 0 Å². The van der Waals surface area contributed by atoms with Gasteiger partial charge in [0, 0.05) is 10.4 Å². The predicted molar refractivity (Wildman–Crippen MR) is 93.2 cm³/mol. The van der Waals surface area contributed by atoms with Crippen LogP contribution in [0.15, 0.2) is 40.2 Å². The van der Waals surface area contributed by atoms with Gasteiger partial charge < -0.3 is 19.9 Å². The maximum atomic E-state index is 12.3. The van der Waals surface area contributed by atoms with Crippen molar-refractivity contribution in [1.82, 2.24) is 15.5 Å². The van der Waals surface area contributed by atoms with Gasteiger partial charge in [-0.2, -0.15) is 4.98 Å². The van der Waals surface area contributed by atoms with Crippen LogP contribution in [0.25, 0.3) is 0 Å². The number of hydrogen-bond acceptors (Lipinski definition) is 7. The van der Waals surface area contributed by atoms with Gasteiger partial charge in [0.15, 0.2) is 12.4 Å². The number of hydrogen-bond donors (Lipinski definition) is 2. The van der Waals surface area contributed by atoms with Crippen molar-refractivity contribution in [3.8, 4) is 5.75 Å². The molecule has 2 N–H and O–H groups in total. The number of carbonyl (C=O) groups excluding carboxylic acids is 2. The highest BCUT2D eigenvalue weighted by Crippen LogP contribution is 2.28. The summed E-state index contributed by atoms with van der Waals surface area (Å²) in [5.74, 6) is 0.874. The highest BCUT2D eigenvalue weighted by atomic mass is 32.1. The maximum Gasteiger partial charge on any atom is 0.262 e. The van der Waals surface area contributed by atoms with Gasteiger partial charge in [-0.3, -0.25) is 9.59 Å². The molecule has 0 spiro atoms. The average Bonchev–Trinajstić information content (AvgIpc) is 3.31. The molecule has 2 aromatic heterocycles. The van der Waals surface area contributed by atoms with E-state index in [0.29, 0.717) is 35.1 Å². The monoisotopic (exact) mass is 370 g/mol. The molecule has 0 radical (unpaired) electrons. The van der Waals surface area contributed by atoms with E-state index in [1.54, 1.807) is 29.5 Å². The lowest BCUT2D eigenvalue weighted by Crippen LogP contribution is -2.27. The van der Waals surface area contributed by atoms with Crippen molar-refractivity contribution in [3.63, 3.8) is 0 Å². The summed E-state index contributed by atoms with van der Waals surface area (Å²) in [6, 6.07) is 8.79. The summed E-state index contributed by atoms with van der Waals surface area (Å²) in [5, 5.41) is 11.3. The van der Waals surface area contributed by atoms with Crippen molar-refractivity contribution in [2.75, 3.05) is 11.9 Å². The summed E-state index contributed by atoms with van der Waals surface area (Å²) >= 11 is 1.62. The zero-order valence-corrected chi connectivity index (χ0v) is 14.3. The summed E-state index contributed by atoms with van der Waals surface area (Å²) in [4.78, 5) is 29.0. The SMILES string of the molecule is O=C1COc2cc(C(=O)NCc3noc(Cc4cccs4)n3)ccc2N1. The van der Waals surface area contributed by atoms with E-state index < -0.39 is 0 Å². The van der Waals surface area contributed by atoms with Crippen LogP contribution >= 0.6 is 11.3 Å². The Hall–Kier alpha value is -3.20. The Morgan fingerprint density at radius 1 is 1.35 bits per heavy atom. The molecule has 0 fully saturated rings. The Morgan fingerprint density at radius 3 is 3.12 bits per heavy atom. The van der Waals surface area contributed by atoms with Crippen LogP contribution in [0.5, 0.6) is 5.75 Å². The van der Waals surface area contributed by atoms with E-state index in [9.17, 15) is 9.59 Å². The minimum Gasteiger partial charge on any atom is -0.482 e. The Kier molecular flexibility index (Phi) is 4.36. The Bertz CT molecular complexity index is 952. The van der Waals surface area contributed by atoms with Gasteiger partial charge in [0.2, 0.25) is 5.89 Å². The fourth-order valence-corrected chi connectivity index (χ4v) is 3.17. The second-order valence-electron chi connectivity index (χ2n) is 5.59. The molecular formula is C17H14N4O4S. The van der Waals surface area contributed by atoms with Crippen LogP contribution in [0, 0.1) is 0 Å². The van der Waals surface area contributed by atoms with Crippen LogP contribution in [0.4, 0.5) is 5.69 Å². The molecule has 26 heavy (non-hydrogen) atoms. The first kappa shape index (κ1) is 16.3. The Morgan fingerprint density at radius 2 is 2.27 bits per heavy atom. The van der Waals surface area contributed by atoms with Crippen molar-refractivity contribution in [2.45, 2.75) is 13.0 Å². The largest absolute Gasteiger partial charge is 0.482 e. The van der Waals surface area contributed by atoms with Crippen molar-refractivity contribution >= 4 is 28.8 Å². The Balaban J connectivity index is 1.37. The molecule has 0 atom stereocenters. The summed E-state index contributed by atoms with van der Waals surface area (Å²) in [5.41, 5.74) is 0.969. The summed E-state index contributed by atoms with van der Waals surface area (Å²) < 4.78 is 10.5. The molecule has 0 saturated carbocycles. The van der Waals surface area contributed by atoms with Gasteiger partial charge in [0.1, 0.15) is 5.75 Å². The zero-order valence-electron chi connectivity index (χ0n) is 13.5. The van der Waals surface area contributed by atoms with E-state index in [2.05, 4.69) is 20.8 Å². The smallest absolute Gasteiger partial charge is 0.262 e. The number of carbonyl (C=O) groups is 2. The molecule has 8 nitrogen and oxygen atoms in total. The van der Waals surface area contributed by atoms with Crippen LogP contribution in [0.1, 0.15) is 27.0 Å². The van der Waals surface area contributed by atoms with Crippen LogP contribution < -0.4 is 15.4 Å². The minimum atomic E-state index is -0.294. The van der Waals surface area contributed by atoms with Gasteiger partial charge in [-0.05, 0) is 29.6 Å². The molecule has 0 bridgehead atoms. The first-order valence-corrected chi connectivity index (χ1v) is 8.74. The third-order valence-corrected chi connectivity index (χ3v) is 4.58. The van der Waals surface area contributed by atoms with Crippen LogP contribution in [-0.2, 0) is 17.8 Å². The van der Waals surface area contributed by atoms with Crippen LogP contribution in [0.2, 0.25) is 0 Å². The quantitative estimate of drug-likeness (QED) is 0.711. The molecule has 0 saturated heterocycles. The second kappa shape index (κ2) is 6.96. The normalized spacial score (nSPS) is 12.8. The van der Waals surface area contributed by atoms with Gasteiger partial charge in [-0.25, -0.2) is 0 Å². The highest BCUT2D eigenvalue weighted by molar-refractivity contribution is 7.09. The van der Waals surface area contributed by atoms with E-state index in [0.717, 1.165) is 4.88 Å². The maximum absolute atomic E-state index is 12.3. The standard InChI is InChI=1S/C17H14N4O4S/c22-15-9-24-13-6-10(3-4-12(13)19-15)17(23)18-8-14-20-16(25-21-14)7-11-2-1-5-26-11/h1-6H,7-9H2,(H,18,23)(H,19,22). The number of rotatable bonds is 5. The minimum absolute atomic E-state index is 0.0616. The average molecular weight is 370 g/mol. The number of nitrogens with zero attached hydrogens (tertiary/aromatic N) is 2. The topological polar surface area (TPSA) is 106 Å². The van der Waals surface area contributed by atoms with Gasteiger partial charge >= 0.3 is 0 Å². The number of ether oxygens (including phenoxy) is 1. The molecule has 0 unspecified atom stereocenters. The molecule has 1 aliphatic rings. The van der Waals surface area contributed by atoms with Crippen LogP contribution in [-0.4, -0.2) is 28.6 Å². The summed E-state index contributed by atoms with van der Waals surface area (Å²) in [7, 11) is 0. The first-order valence-electron chi connectivity index (χ1n) is 7.86. The fraction of sp³-hybridized carbons (Fsp3) is 0.176. The van der Waals surface area contributed by atoms with Gasteiger partial charge in [-0.15, -0.1) is 11.3 Å². The number of nitrogens with one attached hydrogen (secondary N) is 2. The van der Waals surface area contributed by atoms with E-state index in [1.165, 1.54) is 0 Å². The van der Waals surface area contributed by atoms with Gasteiger partial charge in [-0.1, -0.05) is 11.2 Å². The number of amides is 2. The molecule has 132 valence electrons. The number of fused-ring (bicyclic) bond motifs is 1. The second-order valence-corrected chi connectivity index (χ2v) is 6.62. The number of anilines is 1. The highest BCUT2D eigenvalue weighted by Gasteiger charge is 2.18. The third kappa shape index (κ3) is 3.57.